The average Bonchev–Trinajstić information content (AvgIpc) is 3.42. The summed E-state index contributed by atoms with van der Waals surface area (Å²) in [5.74, 6) is -2.64. The molecular formula is C30H29FN4O6S. The van der Waals surface area contributed by atoms with E-state index in [1.807, 2.05) is 24.3 Å². The molecule has 1 aliphatic rings. The van der Waals surface area contributed by atoms with Crippen LogP contribution in [0.25, 0.3) is 10.9 Å². The summed E-state index contributed by atoms with van der Waals surface area (Å²) in [7, 11) is -2.97. The van der Waals surface area contributed by atoms with Crippen LogP contribution in [0.5, 0.6) is 0 Å². The minimum absolute atomic E-state index is 0.0176. The number of carbonyl (C=O) groups is 3. The number of aromatic amines is 1. The van der Waals surface area contributed by atoms with E-state index in [0.29, 0.717) is 0 Å². The minimum atomic E-state index is -4.16. The Hall–Kier alpha value is -4.55. The van der Waals surface area contributed by atoms with E-state index >= 15 is 0 Å². The van der Waals surface area contributed by atoms with Crippen LogP contribution in [0, 0.1) is 5.82 Å². The summed E-state index contributed by atoms with van der Waals surface area (Å²) in [6.45, 7) is -0.531. The standard InChI is InChI=1S/C30H29FN4O6S/c1-41-30(38)26(17-21-18-32-25-13-6-5-12-24(21)25)33-28(36)27-19-34(29(37)20-8-7-9-22(31)16-20)14-15-35(27)42(39,40)23-10-3-2-4-11-23/h2-13,16,18,26-27,32H,14-15,17,19H2,1H3,(H,33,36)/t26-,27-/m1/s1. The van der Waals surface area contributed by atoms with Crippen LogP contribution in [0.1, 0.15) is 15.9 Å². The van der Waals surface area contributed by atoms with Gasteiger partial charge in [-0.25, -0.2) is 17.6 Å². The van der Waals surface area contributed by atoms with Crippen molar-refractivity contribution in [2.45, 2.75) is 23.4 Å². The van der Waals surface area contributed by atoms with Gasteiger partial charge >= 0.3 is 5.97 Å². The summed E-state index contributed by atoms with van der Waals surface area (Å²) >= 11 is 0. The van der Waals surface area contributed by atoms with Crippen LogP contribution in [-0.2, 0) is 30.8 Å². The van der Waals surface area contributed by atoms with Gasteiger partial charge in [0.15, 0.2) is 0 Å². The number of carbonyl (C=O) groups excluding carboxylic acids is 3. The van der Waals surface area contributed by atoms with Crippen molar-refractivity contribution in [1.82, 2.24) is 19.5 Å². The number of para-hydroxylation sites is 1. The molecule has 10 nitrogen and oxygen atoms in total. The summed E-state index contributed by atoms with van der Waals surface area (Å²) in [4.78, 5) is 44.3. The van der Waals surface area contributed by atoms with Crippen LogP contribution in [0.4, 0.5) is 4.39 Å². The van der Waals surface area contributed by atoms with Crippen molar-refractivity contribution in [3.63, 3.8) is 0 Å². The molecule has 0 bridgehead atoms. The van der Waals surface area contributed by atoms with Crippen LogP contribution in [-0.4, -0.2) is 79.2 Å². The quantitative estimate of drug-likeness (QED) is 0.303. The van der Waals surface area contributed by atoms with Crippen molar-refractivity contribution in [2.24, 2.45) is 0 Å². The minimum Gasteiger partial charge on any atom is -0.467 e. The Morgan fingerprint density at radius 2 is 1.76 bits per heavy atom. The van der Waals surface area contributed by atoms with Crippen LogP contribution in [0.3, 0.4) is 0 Å². The van der Waals surface area contributed by atoms with Crippen LogP contribution < -0.4 is 5.32 Å². The SMILES string of the molecule is COC(=O)[C@@H](Cc1c[nH]c2ccccc12)NC(=O)[C@H]1CN(C(=O)c2cccc(F)c2)CCN1S(=O)(=O)c1ccccc1. The highest BCUT2D eigenvalue weighted by Crippen LogP contribution is 2.24. The number of halogens is 1. The molecule has 0 spiro atoms. The van der Waals surface area contributed by atoms with Gasteiger partial charge in [0.1, 0.15) is 17.9 Å². The molecule has 0 saturated carbocycles. The van der Waals surface area contributed by atoms with E-state index in [-0.39, 0.29) is 36.5 Å². The molecule has 2 heterocycles. The molecule has 1 saturated heterocycles. The zero-order valence-corrected chi connectivity index (χ0v) is 23.5. The largest absolute Gasteiger partial charge is 0.467 e. The van der Waals surface area contributed by atoms with Gasteiger partial charge in [0.05, 0.1) is 12.0 Å². The van der Waals surface area contributed by atoms with Crippen molar-refractivity contribution < 1.29 is 31.9 Å². The number of rotatable bonds is 8. The third-order valence-corrected chi connectivity index (χ3v) is 9.17. The Labute approximate surface area is 242 Å². The van der Waals surface area contributed by atoms with E-state index in [0.717, 1.165) is 26.8 Å². The number of esters is 1. The van der Waals surface area contributed by atoms with Gasteiger partial charge in [0.2, 0.25) is 15.9 Å². The third-order valence-electron chi connectivity index (χ3n) is 7.24. The Bertz CT molecular complexity index is 1730. The van der Waals surface area contributed by atoms with E-state index in [9.17, 15) is 27.2 Å². The Morgan fingerprint density at radius 1 is 1.02 bits per heavy atom. The van der Waals surface area contributed by atoms with E-state index in [4.69, 9.17) is 4.74 Å². The summed E-state index contributed by atoms with van der Waals surface area (Å²) in [6, 6.07) is 17.7. The molecular weight excluding hydrogens is 563 g/mol. The second kappa shape index (κ2) is 12.1. The number of fused-ring (bicyclic) bond motifs is 1. The van der Waals surface area contributed by atoms with Crippen LogP contribution >= 0.6 is 0 Å². The van der Waals surface area contributed by atoms with E-state index < -0.39 is 45.7 Å². The summed E-state index contributed by atoms with van der Waals surface area (Å²) in [5, 5.41) is 3.53. The Balaban J connectivity index is 1.45. The number of aromatic nitrogens is 1. The fraction of sp³-hybridized carbons (Fsp3) is 0.233. The van der Waals surface area contributed by atoms with Crippen LogP contribution in [0.2, 0.25) is 0 Å². The molecule has 0 aliphatic carbocycles. The zero-order chi connectivity index (χ0) is 29.9. The van der Waals surface area contributed by atoms with E-state index in [1.54, 1.807) is 24.4 Å². The van der Waals surface area contributed by atoms with Crippen molar-refractivity contribution in [3.05, 3.63) is 102 Å². The summed E-state index contributed by atoms with van der Waals surface area (Å²) in [6.07, 6.45) is 1.81. The Kier molecular flexibility index (Phi) is 8.36. The maximum atomic E-state index is 13.8. The van der Waals surface area contributed by atoms with Gasteiger partial charge in [-0.15, -0.1) is 0 Å². The Morgan fingerprint density at radius 3 is 2.50 bits per heavy atom. The van der Waals surface area contributed by atoms with Gasteiger partial charge in [-0.3, -0.25) is 9.59 Å². The van der Waals surface area contributed by atoms with Crippen molar-refractivity contribution in [1.29, 1.82) is 0 Å². The maximum Gasteiger partial charge on any atom is 0.328 e. The molecule has 1 fully saturated rings. The highest BCUT2D eigenvalue weighted by Gasteiger charge is 2.42. The highest BCUT2D eigenvalue weighted by molar-refractivity contribution is 7.89. The topological polar surface area (TPSA) is 129 Å². The molecule has 0 radical (unpaired) electrons. The number of piperazine rings is 1. The van der Waals surface area contributed by atoms with Crippen molar-refractivity contribution in [3.8, 4) is 0 Å². The fourth-order valence-electron chi connectivity index (χ4n) is 5.11. The molecule has 1 aliphatic heterocycles. The average molecular weight is 593 g/mol. The zero-order valence-electron chi connectivity index (χ0n) is 22.7. The van der Waals surface area contributed by atoms with E-state index in [2.05, 4.69) is 10.3 Å². The summed E-state index contributed by atoms with van der Waals surface area (Å²) < 4.78 is 47.2. The lowest BCUT2D eigenvalue weighted by Gasteiger charge is -2.40. The van der Waals surface area contributed by atoms with Gasteiger partial charge < -0.3 is 19.9 Å². The third kappa shape index (κ3) is 5.90. The molecule has 3 aromatic carbocycles. The lowest BCUT2D eigenvalue weighted by molar-refractivity contribution is -0.145. The molecule has 0 unspecified atom stereocenters. The predicted molar refractivity (Wildman–Crippen MR) is 152 cm³/mol. The number of hydrogen-bond acceptors (Lipinski definition) is 6. The molecule has 2 atom stereocenters. The highest BCUT2D eigenvalue weighted by atomic mass is 32.2. The monoisotopic (exact) mass is 592 g/mol. The maximum absolute atomic E-state index is 13.8. The first-order chi connectivity index (χ1) is 20.2. The molecule has 42 heavy (non-hydrogen) atoms. The lowest BCUT2D eigenvalue weighted by atomic mass is 10.0. The van der Waals surface area contributed by atoms with Gasteiger partial charge in [0, 0.05) is 48.7 Å². The van der Waals surface area contributed by atoms with Gasteiger partial charge in [-0.1, -0.05) is 42.5 Å². The fourth-order valence-corrected chi connectivity index (χ4v) is 6.70. The summed E-state index contributed by atoms with van der Waals surface area (Å²) in [5.41, 5.74) is 1.67. The molecule has 2 amide bonds. The first kappa shape index (κ1) is 29.0. The number of sulfonamides is 1. The first-order valence-electron chi connectivity index (χ1n) is 13.2. The molecule has 2 N–H and O–H groups in total. The molecule has 12 heteroatoms. The second-order valence-corrected chi connectivity index (χ2v) is 11.7. The number of ether oxygens (including phenoxy) is 1. The molecule has 4 aromatic rings. The lowest BCUT2D eigenvalue weighted by Crippen LogP contribution is -2.62. The van der Waals surface area contributed by atoms with Gasteiger partial charge in [0.25, 0.3) is 5.91 Å². The van der Waals surface area contributed by atoms with Gasteiger partial charge in [-0.05, 0) is 42.0 Å². The number of hydrogen-bond donors (Lipinski definition) is 2. The number of amides is 2. The number of H-pyrrole nitrogens is 1. The molecule has 1 aromatic heterocycles. The van der Waals surface area contributed by atoms with E-state index in [1.165, 1.54) is 42.3 Å². The number of methoxy groups -OCH3 is 1. The van der Waals surface area contributed by atoms with Gasteiger partial charge in [-0.2, -0.15) is 4.31 Å². The molecule has 5 rings (SSSR count). The normalized spacial score (nSPS) is 16.6. The number of benzene rings is 3. The predicted octanol–water partition coefficient (Wildman–Crippen LogP) is 2.72. The number of nitrogens with zero attached hydrogens (tertiary/aromatic N) is 2. The smallest absolute Gasteiger partial charge is 0.328 e. The van der Waals surface area contributed by atoms with Crippen LogP contribution in [0.15, 0.2) is 90.0 Å². The second-order valence-electron chi connectivity index (χ2n) is 9.85. The van der Waals surface area contributed by atoms with Crippen molar-refractivity contribution in [2.75, 3.05) is 26.7 Å². The first-order valence-corrected chi connectivity index (χ1v) is 14.7. The number of nitrogens with one attached hydrogen (secondary N) is 2. The van der Waals surface area contributed by atoms with Crippen molar-refractivity contribution >= 4 is 38.7 Å². The molecule has 218 valence electrons.